The molecule has 0 heterocycles. The second kappa shape index (κ2) is 3.20. The van der Waals surface area contributed by atoms with Crippen molar-refractivity contribution in [2.24, 2.45) is 0 Å². The quantitative estimate of drug-likeness (QED) is 0.519. The predicted octanol–water partition coefficient (Wildman–Crippen LogP) is 2.58. The van der Waals surface area contributed by atoms with Gasteiger partial charge in [0, 0.05) is 0 Å². The van der Waals surface area contributed by atoms with Crippen LogP contribution in [-0.2, 0) is 0 Å². The minimum absolute atomic E-state index is 0.0576. The summed E-state index contributed by atoms with van der Waals surface area (Å²) in [4.78, 5) is -5.55. The third-order valence-corrected chi connectivity index (χ3v) is 1.53. The van der Waals surface area contributed by atoms with Gasteiger partial charge in [-0.1, -0.05) is 0 Å². The molecule has 0 aliphatic rings. The Balaban J connectivity index is 5.30. The zero-order chi connectivity index (χ0) is 12.0. The molecule has 0 amide bonds. The molecule has 0 N–H and O–H groups in total. The van der Waals surface area contributed by atoms with E-state index in [1.807, 2.05) is 0 Å². The van der Waals surface area contributed by atoms with Gasteiger partial charge in [0.05, 0.1) is 0 Å². The minimum Gasteiger partial charge on any atom is -0.223 e. The van der Waals surface area contributed by atoms with E-state index >= 15 is 0 Å². The van der Waals surface area contributed by atoms with E-state index in [4.69, 9.17) is 0 Å². The van der Waals surface area contributed by atoms with E-state index in [2.05, 4.69) is 0 Å². The van der Waals surface area contributed by atoms with Gasteiger partial charge in [0.2, 0.25) is 4.78 Å². The molecule has 0 aliphatic heterocycles. The third kappa shape index (κ3) is 1.95. The van der Waals surface area contributed by atoms with Crippen molar-refractivity contribution >= 4 is 16.3 Å². The molecule has 2 radical (unpaired) electrons. The molecule has 0 nitrogen and oxygen atoms in total. The summed E-state index contributed by atoms with van der Waals surface area (Å²) in [5, 5.41) is 0. The summed E-state index contributed by atoms with van der Waals surface area (Å²) < 4.78 is 105. The molecule has 0 fully saturated rings. The van der Waals surface area contributed by atoms with Crippen LogP contribution in [0.3, 0.4) is 0 Å². The average Bonchev–Trinajstić information content (AvgIpc) is 1.81. The van der Waals surface area contributed by atoms with Crippen molar-refractivity contribution in [1.82, 2.24) is 0 Å². The molecule has 0 atom stereocenters. The van der Waals surface area contributed by atoms with Gasteiger partial charge in [-0.15, -0.1) is 0 Å². The Labute approximate surface area is 79.5 Å². The largest absolute Gasteiger partial charge is 0.460 e. The van der Waals surface area contributed by atoms with Gasteiger partial charge in [0.15, 0.2) is 0 Å². The molecule has 0 spiro atoms. The van der Waals surface area contributed by atoms with E-state index in [0.717, 1.165) is 0 Å². The molecule has 14 heavy (non-hydrogen) atoms. The zero-order valence-corrected chi connectivity index (χ0v) is 7.13. The van der Waals surface area contributed by atoms with Crippen molar-refractivity contribution in [3.63, 3.8) is 0 Å². The first-order valence-electron chi connectivity index (χ1n) is 2.74. The Morgan fingerprint density at radius 1 is 0.571 bits per heavy atom. The average molecular weight is 246 g/mol. The number of halogens is 9. The molecule has 0 bridgehead atoms. The van der Waals surface area contributed by atoms with Gasteiger partial charge >= 0.3 is 18.0 Å². The molecule has 0 aromatic rings. The van der Waals surface area contributed by atoms with Gasteiger partial charge in [0.1, 0.15) is 0 Å². The van der Waals surface area contributed by atoms with Gasteiger partial charge in [-0.3, -0.25) is 0 Å². The molecular weight excluding hydrogens is 246 g/mol. The van der Waals surface area contributed by atoms with Gasteiger partial charge in [-0.25, -0.2) is 8.78 Å². The van der Waals surface area contributed by atoms with E-state index in [1.165, 1.54) is 0 Å². The van der Waals surface area contributed by atoms with Crippen LogP contribution in [0.1, 0.15) is 0 Å². The summed E-state index contributed by atoms with van der Waals surface area (Å²) in [7, 11) is 0. The highest BCUT2D eigenvalue weighted by Crippen LogP contribution is 2.51. The van der Waals surface area contributed by atoms with E-state index in [-0.39, 0.29) is 16.3 Å². The summed E-state index contributed by atoms with van der Waals surface area (Å²) in [6.45, 7) is 0. The van der Waals surface area contributed by atoms with Crippen molar-refractivity contribution in [3.05, 3.63) is 0 Å². The van der Waals surface area contributed by atoms with Crippen LogP contribution in [0.5, 0.6) is 0 Å². The highest BCUT2D eigenvalue weighted by molar-refractivity contribution is 6.14. The maximum atomic E-state index is 12.0. The first-order chi connectivity index (χ1) is 5.75. The van der Waals surface area contributed by atoms with Crippen molar-refractivity contribution < 1.29 is 39.5 Å². The molecule has 0 rings (SSSR count). The SMILES string of the molecule is FC(F)(F)C(F)(F)C(F)(F)[C](F)(F)[Al]. The molecule has 0 unspecified atom stereocenters. The van der Waals surface area contributed by atoms with Crippen LogP contribution in [0, 0.1) is 0 Å². The lowest BCUT2D eigenvalue weighted by atomic mass is 10.1. The van der Waals surface area contributed by atoms with E-state index < -0.39 is 22.8 Å². The number of hydrogen-bond donors (Lipinski definition) is 0. The lowest BCUT2D eigenvalue weighted by molar-refractivity contribution is -0.382. The fourth-order valence-electron chi connectivity index (χ4n) is 0.387. The van der Waals surface area contributed by atoms with E-state index in [1.54, 1.807) is 0 Å². The van der Waals surface area contributed by atoms with E-state index in [9.17, 15) is 39.5 Å². The molecule has 0 aliphatic carbocycles. The van der Waals surface area contributed by atoms with Gasteiger partial charge in [-0.05, 0) is 0 Å². The van der Waals surface area contributed by atoms with Gasteiger partial charge in [0.25, 0.3) is 16.3 Å². The standard InChI is InChI=1S/C4F9.Al/c5-1(6)2(7,8)3(9,10)4(11,12)13;. The number of hydrogen-bond acceptors (Lipinski definition) is 0. The second-order valence-electron chi connectivity index (χ2n) is 2.27. The van der Waals surface area contributed by atoms with Crippen LogP contribution in [0.25, 0.3) is 0 Å². The monoisotopic (exact) mass is 246 g/mol. The topological polar surface area (TPSA) is 0 Å². The first-order valence-corrected chi connectivity index (χ1v) is 3.32. The normalized spacial score (nSPS) is 15.8. The lowest BCUT2D eigenvalue weighted by Gasteiger charge is -2.32. The summed E-state index contributed by atoms with van der Waals surface area (Å²) in [6.07, 6.45) is -6.74. The zero-order valence-electron chi connectivity index (χ0n) is 5.98. The smallest absolute Gasteiger partial charge is 0.223 e. The molecular formula is C4AlF9. The lowest BCUT2D eigenvalue weighted by Crippen LogP contribution is -2.61. The van der Waals surface area contributed by atoms with Crippen LogP contribution < -0.4 is 0 Å². The van der Waals surface area contributed by atoms with Crippen molar-refractivity contribution in [2.75, 3.05) is 0 Å². The van der Waals surface area contributed by atoms with Crippen molar-refractivity contribution in [3.8, 4) is 0 Å². The summed E-state index contributed by atoms with van der Waals surface area (Å²) in [5.74, 6) is -13.3. The van der Waals surface area contributed by atoms with Gasteiger partial charge in [-0.2, -0.15) is 30.7 Å². The Hall–Kier alpha value is -0.0975. The maximum absolute atomic E-state index is 12.0. The number of alkyl halides is 9. The van der Waals surface area contributed by atoms with Crippen LogP contribution in [0.15, 0.2) is 0 Å². The molecule has 0 aromatic heterocycles. The van der Waals surface area contributed by atoms with Crippen molar-refractivity contribution in [1.29, 1.82) is 0 Å². The first kappa shape index (κ1) is 13.9. The maximum Gasteiger partial charge on any atom is 0.460 e. The fourth-order valence-corrected chi connectivity index (χ4v) is 0.569. The molecule has 82 valence electrons. The molecule has 0 saturated heterocycles. The van der Waals surface area contributed by atoms with Crippen molar-refractivity contribution in [2.45, 2.75) is 22.8 Å². The predicted molar refractivity (Wildman–Crippen MR) is 26.6 cm³/mol. The van der Waals surface area contributed by atoms with Crippen LogP contribution in [0.4, 0.5) is 39.5 Å². The highest BCUT2D eigenvalue weighted by atomic mass is 27.0. The van der Waals surface area contributed by atoms with Crippen LogP contribution >= 0.6 is 0 Å². The Morgan fingerprint density at radius 3 is 0.929 bits per heavy atom. The Kier molecular flexibility index (Phi) is 3.18. The Bertz CT molecular complexity index is 186. The Morgan fingerprint density at radius 2 is 0.857 bits per heavy atom. The van der Waals surface area contributed by atoms with Crippen LogP contribution in [-0.4, -0.2) is 39.1 Å². The van der Waals surface area contributed by atoms with E-state index in [0.29, 0.717) is 0 Å². The molecule has 10 heteroatoms. The number of rotatable bonds is 2. The van der Waals surface area contributed by atoms with Gasteiger partial charge < -0.3 is 0 Å². The highest BCUT2D eigenvalue weighted by Gasteiger charge is 2.79. The third-order valence-electron chi connectivity index (χ3n) is 1.17. The van der Waals surface area contributed by atoms with Crippen LogP contribution in [0.2, 0.25) is 0 Å². The molecule has 0 aromatic carbocycles. The second-order valence-corrected chi connectivity index (χ2v) is 2.99. The molecule has 0 saturated carbocycles. The summed E-state index contributed by atoms with van der Waals surface area (Å²) >= 11 is -0.0576. The summed E-state index contributed by atoms with van der Waals surface area (Å²) in [6, 6.07) is 0. The summed E-state index contributed by atoms with van der Waals surface area (Å²) in [5.41, 5.74) is 0. The fraction of sp³-hybridized carbons (Fsp3) is 1.00. The minimum atomic E-state index is -6.79.